The van der Waals surface area contributed by atoms with Crippen LogP contribution in [0.1, 0.15) is 64.4 Å². The maximum atomic E-state index is 13.0. The van der Waals surface area contributed by atoms with E-state index in [0.717, 1.165) is 12.8 Å². The number of hydrogen-bond donors (Lipinski definition) is 1. The SMILES string of the molecule is C[C@H](Oc1ccc(F)cc1)c1nnc(S[C@H](C)C(=O)NC2CCCCCC2)o1. The fourth-order valence-electron chi connectivity index (χ4n) is 3.15. The summed E-state index contributed by atoms with van der Waals surface area (Å²) in [5.41, 5.74) is 0. The Bertz CT molecular complexity index is 760. The molecular formula is C20H26FN3O3S. The number of aromatic nitrogens is 2. The Morgan fingerprint density at radius 3 is 2.54 bits per heavy atom. The van der Waals surface area contributed by atoms with Crippen LogP contribution in [-0.2, 0) is 4.79 Å². The number of hydrogen-bond acceptors (Lipinski definition) is 6. The molecule has 0 radical (unpaired) electrons. The average molecular weight is 408 g/mol. The van der Waals surface area contributed by atoms with Crippen molar-refractivity contribution in [3.8, 4) is 5.75 Å². The van der Waals surface area contributed by atoms with Crippen LogP contribution in [0.25, 0.3) is 0 Å². The normalized spacial score (nSPS) is 17.5. The van der Waals surface area contributed by atoms with E-state index >= 15 is 0 Å². The molecule has 6 nitrogen and oxygen atoms in total. The predicted octanol–water partition coefficient (Wildman–Crippen LogP) is 4.67. The molecular weight excluding hydrogens is 381 g/mol. The quantitative estimate of drug-likeness (QED) is 0.531. The number of benzene rings is 1. The molecule has 152 valence electrons. The van der Waals surface area contributed by atoms with Crippen LogP contribution in [0.15, 0.2) is 33.9 Å². The van der Waals surface area contributed by atoms with Gasteiger partial charge in [-0.1, -0.05) is 37.4 Å². The molecule has 1 amide bonds. The largest absolute Gasteiger partial charge is 0.481 e. The van der Waals surface area contributed by atoms with Crippen molar-refractivity contribution in [1.82, 2.24) is 15.5 Å². The summed E-state index contributed by atoms with van der Waals surface area (Å²) in [4.78, 5) is 12.5. The molecule has 3 rings (SSSR count). The smallest absolute Gasteiger partial charge is 0.277 e. The minimum Gasteiger partial charge on any atom is -0.481 e. The Balaban J connectivity index is 1.51. The maximum Gasteiger partial charge on any atom is 0.277 e. The molecule has 2 atom stereocenters. The lowest BCUT2D eigenvalue weighted by Gasteiger charge is -2.18. The van der Waals surface area contributed by atoms with Crippen molar-refractivity contribution < 1.29 is 18.3 Å². The first-order chi connectivity index (χ1) is 13.5. The van der Waals surface area contributed by atoms with E-state index in [0.29, 0.717) is 16.9 Å². The number of carbonyl (C=O) groups excluding carboxylic acids is 1. The van der Waals surface area contributed by atoms with Gasteiger partial charge in [0.1, 0.15) is 11.6 Å². The molecule has 1 aromatic carbocycles. The zero-order chi connectivity index (χ0) is 19.9. The van der Waals surface area contributed by atoms with Gasteiger partial charge in [-0.25, -0.2) is 4.39 Å². The van der Waals surface area contributed by atoms with Gasteiger partial charge in [0.2, 0.25) is 5.91 Å². The summed E-state index contributed by atoms with van der Waals surface area (Å²) < 4.78 is 24.3. The Morgan fingerprint density at radius 2 is 1.86 bits per heavy atom. The summed E-state index contributed by atoms with van der Waals surface area (Å²) in [6.07, 6.45) is 6.45. The average Bonchev–Trinajstić information content (AvgIpc) is 2.99. The lowest BCUT2D eigenvalue weighted by molar-refractivity contribution is -0.121. The predicted molar refractivity (Wildman–Crippen MR) is 105 cm³/mol. The first-order valence-corrected chi connectivity index (χ1v) is 10.6. The molecule has 28 heavy (non-hydrogen) atoms. The summed E-state index contributed by atoms with van der Waals surface area (Å²) in [5, 5.41) is 11.1. The van der Waals surface area contributed by atoms with E-state index < -0.39 is 6.10 Å². The number of nitrogens with one attached hydrogen (secondary N) is 1. The van der Waals surface area contributed by atoms with E-state index in [9.17, 15) is 9.18 Å². The van der Waals surface area contributed by atoms with E-state index in [-0.39, 0.29) is 23.0 Å². The van der Waals surface area contributed by atoms with Gasteiger partial charge in [0, 0.05) is 6.04 Å². The molecule has 1 heterocycles. The molecule has 2 aromatic rings. The standard InChI is InChI=1S/C20H26FN3O3S/c1-13(26-17-11-9-15(21)10-12-17)19-23-24-20(27-19)28-14(2)18(25)22-16-7-5-3-4-6-8-16/h9-14,16H,3-8H2,1-2H3,(H,22,25)/t13-,14+/m0/s1. The second-order valence-electron chi connectivity index (χ2n) is 7.08. The maximum absolute atomic E-state index is 13.0. The van der Waals surface area contributed by atoms with Gasteiger partial charge in [0.25, 0.3) is 11.1 Å². The van der Waals surface area contributed by atoms with Crippen molar-refractivity contribution in [3.05, 3.63) is 36.0 Å². The van der Waals surface area contributed by atoms with Crippen LogP contribution in [-0.4, -0.2) is 27.4 Å². The lowest BCUT2D eigenvalue weighted by Crippen LogP contribution is -2.39. The van der Waals surface area contributed by atoms with E-state index in [1.807, 2.05) is 6.92 Å². The van der Waals surface area contributed by atoms with Crippen molar-refractivity contribution in [2.24, 2.45) is 0 Å². The fourth-order valence-corrected chi connectivity index (χ4v) is 3.85. The molecule has 0 unspecified atom stereocenters. The van der Waals surface area contributed by atoms with Crippen LogP contribution < -0.4 is 10.1 Å². The van der Waals surface area contributed by atoms with Crippen LogP contribution in [0.4, 0.5) is 4.39 Å². The molecule has 1 N–H and O–H groups in total. The van der Waals surface area contributed by atoms with Crippen LogP contribution in [0, 0.1) is 5.82 Å². The Hall–Kier alpha value is -2.09. The number of nitrogens with zero attached hydrogens (tertiary/aromatic N) is 2. The summed E-state index contributed by atoms with van der Waals surface area (Å²) in [5.74, 6) is 0.487. The van der Waals surface area contributed by atoms with Gasteiger partial charge in [0.15, 0.2) is 6.10 Å². The van der Waals surface area contributed by atoms with Gasteiger partial charge in [-0.3, -0.25) is 4.79 Å². The molecule has 1 fully saturated rings. The van der Waals surface area contributed by atoms with E-state index in [1.54, 1.807) is 6.92 Å². The Labute approximate surface area is 168 Å². The topological polar surface area (TPSA) is 77.2 Å². The number of ether oxygens (including phenoxy) is 1. The van der Waals surface area contributed by atoms with Crippen molar-refractivity contribution in [2.75, 3.05) is 0 Å². The minimum atomic E-state index is -0.484. The van der Waals surface area contributed by atoms with Gasteiger partial charge >= 0.3 is 0 Å². The monoisotopic (exact) mass is 407 g/mol. The second kappa shape index (κ2) is 9.91. The molecule has 0 spiro atoms. The fraction of sp³-hybridized carbons (Fsp3) is 0.550. The van der Waals surface area contributed by atoms with E-state index in [2.05, 4.69) is 15.5 Å². The van der Waals surface area contributed by atoms with Gasteiger partial charge in [0.05, 0.1) is 5.25 Å². The number of rotatable bonds is 7. The number of thioether (sulfide) groups is 1. The van der Waals surface area contributed by atoms with Gasteiger partial charge in [-0.15, -0.1) is 10.2 Å². The highest BCUT2D eigenvalue weighted by atomic mass is 32.2. The third kappa shape index (κ3) is 5.95. The molecule has 0 bridgehead atoms. The van der Waals surface area contributed by atoms with E-state index in [1.165, 1.54) is 61.7 Å². The zero-order valence-corrected chi connectivity index (χ0v) is 17.0. The summed E-state index contributed by atoms with van der Waals surface area (Å²) in [6.45, 7) is 3.60. The highest BCUT2D eigenvalue weighted by Gasteiger charge is 2.23. The van der Waals surface area contributed by atoms with Crippen LogP contribution >= 0.6 is 11.8 Å². The summed E-state index contributed by atoms with van der Waals surface area (Å²) in [7, 11) is 0. The molecule has 1 aliphatic rings. The minimum absolute atomic E-state index is 0.00717. The van der Waals surface area contributed by atoms with Crippen molar-refractivity contribution in [1.29, 1.82) is 0 Å². The number of carbonyl (C=O) groups is 1. The number of halogens is 1. The third-order valence-electron chi connectivity index (χ3n) is 4.74. The number of amides is 1. The summed E-state index contributed by atoms with van der Waals surface area (Å²) in [6, 6.07) is 5.99. The van der Waals surface area contributed by atoms with Gasteiger partial charge in [-0.2, -0.15) is 0 Å². The molecule has 1 aromatic heterocycles. The lowest BCUT2D eigenvalue weighted by atomic mass is 10.1. The van der Waals surface area contributed by atoms with Crippen LogP contribution in [0.2, 0.25) is 0 Å². The van der Waals surface area contributed by atoms with Gasteiger partial charge < -0.3 is 14.5 Å². The van der Waals surface area contributed by atoms with Crippen LogP contribution in [0.3, 0.4) is 0 Å². The molecule has 8 heteroatoms. The van der Waals surface area contributed by atoms with E-state index in [4.69, 9.17) is 9.15 Å². The highest BCUT2D eigenvalue weighted by Crippen LogP contribution is 2.27. The Kier molecular flexibility index (Phi) is 7.30. The highest BCUT2D eigenvalue weighted by molar-refractivity contribution is 8.00. The van der Waals surface area contributed by atoms with Crippen LogP contribution in [0.5, 0.6) is 5.75 Å². The van der Waals surface area contributed by atoms with Crippen molar-refractivity contribution in [2.45, 2.75) is 75.0 Å². The zero-order valence-electron chi connectivity index (χ0n) is 16.2. The first kappa shape index (κ1) is 20.6. The van der Waals surface area contributed by atoms with Crippen molar-refractivity contribution in [3.63, 3.8) is 0 Å². The first-order valence-electron chi connectivity index (χ1n) is 9.74. The molecule has 1 saturated carbocycles. The molecule has 1 aliphatic carbocycles. The van der Waals surface area contributed by atoms with Gasteiger partial charge in [-0.05, 0) is 51.0 Å². The Morgan fingerprint density at radius 1 is 1.18 bits per heavy atom. The molecule has 0 aliphatic heterocycles. The second-order valence-corrected chi connectivity index (χ2v) is 8.37. The molecule has 0 saturated heterocycles. The van der Waals surface area contributed by atoms with Crippen molar-refractivity contribution >= 4 is 17.7 Å². The summed E-state index contributed by atoms with van der Waals surface area (Å²) >= 11 is 1.23. The third-order valence-corrected chi connectivity index (χ3v) is 5.68.